The predicted molar refractivity (Wildman–Crippen MR) is 91.0 cm³/mol. The van der Waals surface area contributed by atoms with Crippen LogP contribution in [0.2, 0.25) is 0 Å². The molecule has 1 heterocycles. The third-order valence-corrected chi connectivity index (χ3v) is 5.00. The maximum atomic E-state index is 12.9. The van der Waals surface area contributed by atoms with Crippen LogP contribution in [-0.2, 0) is 0 Å². The molecule has 0 aromatic heterocycles. The topological polar surface area (TPSA) is 12.4 Å². The summed E-state index contributed by atoms with van der Waals surface area (Å²) in [4.78, 5) is 5.75. The molecule has 2 aromatic rings. The first kappa shape index (κ1) is 14.4. The highest BCUT2D eigenvalue weighted by Gasteiger charge is 2.16. The van der Waals surface area contributed by atoms with E-state index in [-0.39, 0.29) is 5.82 Å². The van der Waals surface area contributed by atoms with Gasteiger partial charge in [0.25, 0.3) is 0 Å². The smallest absolute Gasteiger partial charge is 0.123 e. The molecule has 0 aliphatic carbocycles. The average molecular weight is 315 g/mol. The summed E-state index contributed by atoms with van der Waals surface area (Å²) in [7, 11) is 0. The van der Waals surface area contributed by atoms with Crippen molar-refractivity contribution in [1.29, 1.82) is 0 Å². The van der Waals surface area contributed by atoms with Gasteiger partial charge in [0.2, 0.25) is 0 Å². The highest BCUT2D eigenvalue weighted by molar-refractivity contribution is 8.15. The third-order valence-electron chi connectivity index (χ3n) is 3.02. The summed E-state index contributed by atoms with van der Waals surface area (Å²) in [6.45, 7) is 0. The maximum absolute atomic E-state index is 12.9. The fourth-order valence-corrected chi connectivity index (χ4v) is 3.85. The van der Waals surface area contributed by atoms with Crippen LogP contribution in [-0.4, -0.2) is 10.8 Å². The fourth-order valence-electron chi connectivity index (χ4n) is 1.94. The van der Waals surface area contributed by atoms with Crippen molar-refractivity contribution in [3.63, 3.8) is 0 Å². The van der Waals surface area contributed by atoms with Crippen LogP contribution >= 0.6 is 23.5 Å². The van der Waals surface area contributed by atoms with E-state index in [1.54, 1.807) is 35.7 Å². The SMILES string of the molecule is Fc1ccc(S/C=C2\CCSC2=Nc2ccccc2)cc1. The molecule has 3 rings (SSSR count). The Bertz CT molecular complexity index is 663. The molecule has 1 aliphatic rings. The van der Waals surface area contributed by atoms with E-state index in [2.05, 4.69) is 5.41 Å². The Hall–Kier alpha value is -1.52. The minimum absolute atomic E-state index is 0.199. The van der Waals surface area contributed by atoms with Gasteiger partial charge >= 0.3 is 0 Å². The van der Waals surface area contributed by atoms with Crippen molar-refractivity contribution < 1.29 is 4.39 Å². The van der Waals surface area contributed by atoms with E-state index < -0.39 is 0 Å². The van der Waals surface area contributed by atoms with Crippen LogP contribution in [0.3, 0.4) is 0 Å². The zero-order chi connectivity index (χ0) is 14.5. The van der Waals surface area contributed by atoms with Gasteiger partial charge in [0.15, 0.2) is 0 Å². The summed E-state index contributed by atoms with van der Waals surface area (Å²) in [5.41, 5.74) is 2.25. The van der Waals surface area contributed by atoms with Crippen LogP contribution in [0.1, 0.15) is 6.42 Å². The standard InChI is InChI=1S/C17H14FNS2/c18-14-6-8-16(9-7-14)21-12-13-10-11-20-17(13)19-15-4-2-1-3-5-15/h1-9,12H,10-11H2/b13-12+,19-17?. The second kappa shape index (κ2) is 6.96. The van der Waals surface area contributed by atoms with Gasteiger partial charge in [-0.25, -0.2) is 9.38 Å². The second-order valence-corrected chi connectivity index (χ2v) is 6.59. The molecule has 21 heavy (non-hydrogen) atoms. The van der Waals surface area contributed by atoms with Crippen LogP contribution in [0.15, 0.2) is 75.5 Å². The zero-order valence-corrected chi connectivity index (χ0v) is 13.0. The van der Waals surface area contributed by atoms with Crippen molar-refractivity contribution >= 4 is 34.3 Å². The molecule has 0 atom stereocenters. The first-order valence-electron chi connectivity index (χ1n) is 6.69. The van der Waals surface area contributed by atoms with Gasteiger partial charge in [-0.3, -0.25) is 0 Å². The molecule has 2 aromatic carbocycles. The molecule has 0 amide bonds. The quantitative estimate of drug-likeness (QED) is 0.677. The average Bonchev–Trinajstić information content (AvgIpc) is 2.95. The van der Waals surface area contributed by atoms with Gasteiger partial charge in [-0.1, -0.05) is 30.0 Å². The number of halogens is 1. The Kier molecular flexibility index (Phi) is 4.78. The van der Waals surface area contributed by atoms with Crippen molar-refractivity contribution in [3.8, 4) is 0 Å². The molecule has 1 aliphatic heterocycles. The van der Waals surface area contributed by atoms with Gasteiger partial charge in [0, 0.05) is 10.6 Å². The van der Waals surface area contributed by atoms with E-state index in [1.165, 1.54) is 17.7 Å². The molecular formula is C17H14FNS2. The summed E-state index contributed by atoms with van der Waals surface area (Å²) in [5, 5.41) is 3.23. The molecule has 0 radical (unpaired) electrons. The lowest BCUT2D eigenvalue weighted by Crippen LogP contribution is -1.88. The lowest BCUT2D eigenvalue weighted by Gasteiger charge is -2.01. The number of para-hydroxylation sites is 1. The lowest BCUT2D eigenvalue weighted by atomic mass is 10.2. The van der Waals surface area contributed by atoms with Crippen LogP contribution < -0.4 is 0 Å². The first-order chi connectivity index (χ1) is 10.3. The Morgan fingerprint density at radius 2 is 1.81 bits per heavy atom. The summed E-state index contributed by atoms with van der Waals surface area (Å²) in [5.74, 6) is 0.872. The van der Waals surface area contributed by atoms with Crippen LogP contribution in [0.4, 0.5) is 10.1 Å². The summed E-state index contributed by atoms with van der Waals surface area (Å²) in [6, 6.07) is 16.6. The fraction of sp³-hybridized carbons (Fsp3) is 0.118. The predicted octanol–water partition coefficient (Wildman–Crippen LogP) is 5.67. The molecular weight excluding hydrogens is 301 g/mol. The number of rotatable bonds is 3. The number of hydrogen-bond acceptors (Lipinski definition) is 3. The Balaban J connectivity index is 1.76. The summed E-state index contributed by atoms with van der Waals surface area (Å²) < 4.78 is 12.9. The Morgan fingerprint density at radius 1 is 1.05 bits per heavy atom. The minimum atomic E-state index is -0.199. The monoisotopic (exact) mass is 315 g/mol. The number of nitrogens with zero attached hydrogens (tertiary/aromatic N) is 1. The third kappa shape index (κ3) is 3.99. The lowest BCUT2D eigenvalue weighted by molar-refractivity contribution is 0.626. The molecule has 0 bridgehead atoms. The number of aliphatic imine (C=N–C) groups is 1. The van der Waals surface area contributed by atoms with Crippen molar-refractivity contribution in [2.45, 2.75) is 11.3 Å². The molecule has 0 unspecified atom stereocenters. The number of benzene rings is 2. The van der Waals surface area contributed by atoms with Crippen molar-refractivity contribution in [1.82, 2.24) is 0 Å². The van der Waals surface area contributed by atoms with Crippen LogP contribution in [0.5, 0.6) is 0 Å². The molecule has 106 valence electrons. The molecule has 1 nitrogen and oxygen atoms in total. The zero-order valence-electron chi connectivity index (χ0n) is 11.3. The second-order valence-electron chi connectivity index (χ2n) is 4.57. The maximum Gasteiger partial charge on any atom is 0.123 e. The van der Waals surface area contributed by atoms with Gasteiger partial charge in [-0.2, -0.15) is 0 Å². The highest BCUT2D eigenvalue weighted by Crippen LogP contribution is 2.32. The Morgan fingerprint density at radius 3 is 2.57 bits per heavy atom. The summed E-state index contributed by atoms with van der Waals surface area (Å²) in [6.07, 6.45) is 1.03. The van der Waals surface area contributed by atoms with Crippen molar-refractivity contribution in [2.75, 3.05) is 5.75 Å². The van der Waals surface area contributed by atoms with E-state index in [9.17, 15) is 4.39 Å². The minimum Gasteiger partial charge on any atom is -0.242 e. The summed E-state index contributed by atoms with van der Waals surface area (Å²) >= 11 is 3.41. The van der Waals surface area contributed by atoms with Crippen LogP contribution in [0, 0.1) is 5.82 Å². The van der Waals surface area contributed by atoms with Crippen molar-refractivity contribution in [3.05, 3.63) is 71.4 Å². The van der Waals surface area contributed by atoms with Gasteiger partial charge in [0.1, 0.15) is 10.9 Å². The van der Waals surface area contributed by atoms with E-state index >= 15 is 0 Å². The van der Waals surface area contributed by atoms with Gasteiger partial charge in [-0.05, 0) is 53.8 Å². The normalized spacial score (nSPS) is 18.5. The highest BCUT2D eigenvalue weighted by atomic mass is 32.2. The van der Waals surface area contributed by atoms with E-state index in [1.807, 2.05) is 30.3 Å². The van der Waals surface area contributed by atoms with Gasteiger partial charge < -0.3 is 0 Å². The van der Waals surface area contributed by atoms with Gasteiger partial charge in [-0.15, -0.1) is 11.8 Å². The molecule has 0 saturated carbocycles. The van der Waals surface area contributed by atoms with E-state index in [0.717, 1.165) is 27.8 Å². The number of hydrogen-bond donors (Lipinski definition) is 0. The van der Waals surface area contributed by atoms with E-state index in [0.29, 0.717) is 0 Å². The van der Waals surface area contributed by atoms with Gasteiger partial charge in [0.05, 0.1) is 5.69 Å². The first-order valence-corrected chi connectivity index (χ1v) is 8.56. The van der Waals surface area contributed by atoms with Crippen LogP contribution in [0.25, 0.3) is 0 Å². The molecule has 0 N–H and O–H groups in total. The van der Waals surface area contributed by atoms with Crippen molar-refractivity contribution in [2.24, 2.45) is 4.99 Å². The Labute approximate surface area is 132 Å². The molecule has 1 saturated heterocycles. The molecule has 4 heteroatoms. The number of thioether (sulfide) groups is 2. The molecule has 0 spiro atoms. The molecule has 1 fully saturated rings. The van der Waals surface area contributed by atoms with E-state index in [4.69, 9.17) is 4.99 Å². The largest absolute Gasteiger partial charge is 0.242 e.